The van der Waals surface area contributed by atoms with E-state index in [9.17, 15) is 4.79 Å². The number of fused-ring (bicyclic) bond motifs is 1. The fraction of sp³-hybridized carbons (Fsp3) is 0.391. The van der Waals surface area contributed by atoms with Gasteiger partial charge in [-0.15, -0.1) is 0 Å². The number of methoxy groups -OCH3 is 2. The van der Waals surface area contributed by atoms with Gasteiger partial charge in [0.05, 0.1) is 30.5 Å². The minimum Gasteiger partial charge on any atom is -0.493 e. The molecule has 1 heterocycles. The zero-order chi connectivity index (χ0) is 22.5. The first kappa shape index (κ1) is 22.8. The summed E-state index contributed by atoms with van der Waals surface area (Å²) in [5, 5.41) is 0.639. The summed E-state index contributed by atoms with van der Waals surface area (Å²) in [7, 11) is 7.16. The SMILES string of the molecule is COc1cc2nc(N(CCN(C)C)C(=O)c3ccc(OC(C)C)cc3)sc2cc1OC. The van der Waals surface area contributed by atoms with Crippen LogP contribution >= 0.6 is 11.3 Å². The Kier molecular flexibility index (Phi) is 7.35. The number of amides is 1. The van der Waals surface area contributed by atoms with Crippen molar-refractivity contribution in [1.29, 1.82) is 0 Å². The predicted octanol–water partition coefficient (Wildman–Crippen LogP) is 4.31. The maximum Gasteiger partial charge on any atom is 0.260 e. The Bertz CT molecular complexity index is 990. The second kappa shape index (κ2) is 9.98. The number of hydrogen-bond acceptors (Lipinski definition) is 7. The number of likely N-dealkylation sites (N-methyl/N-ethyl adjacent to an activating group) is 1. The van der Waals surface area contributed by atoms with Gasteiger partial charge in [0, 0.05) is 30.8 Å². The van der Waals surface area contributed by atoms with Crippen molar-refractivity contribution >= 4 is 32.6 Å². The predicted molar refractivity (Wildman–Crippen MR) is 125 cm³/mol. The molecule has 0 atom stereocenters. The third-order valence-corrected chi connectivity index (χ3v) is 5.64. The van der Waals surface area contributed by atoms with Crippen LogP contribution in [-0.2, 0) is 0 Å². The largest absolute Gasteiger partial charge is 0.493 e. The molecule has 31 heavy (non-hydrogen) atoms. The van der Waals surface area contributed by atoms with Gasteiger partial charge < -0.3 is 19.1 Å². The van der Waals surface area contributed by atoms with Gasteiger partial charge in [-0.25, -0.2) is 4.98 Å². The van der Waals surface area contributed by atoms with Crippen LogP contribution in [0.3, 0.4) is 0 Å². The van der Waals surface area contributed by atoms with E-state index in [1.165, 1.54) is 11.3 Å². The topological polar surface area (TPSA) is 64.1 Å². The van der Waals surface area contributed by atoms with E-state index in [0.717, 1.165) is 16.0 Å². The number of hydrogen-bond donors (Lipinski definition) is 0. The number of carbonyl (C=O) groups excluding carboxylic acids is 1. The van der Waals surface area contributed by atoms with Crippen LogP contribution in [0.4, 0.5) is 5.13 Å². The highest BCUT2D eigenvalue weighted by atomic mass is 32.1. The highest BCUT2D eigenvalue weighted by Crippen LogP contribution is 2.37. The second-order valence-electron chi connectivity index (χ2n) is 7.62. The molecule has 2 aromatic carbocycles. The number of rotatable bonds is 9. The van der Waals surface area contributed by atoms with Crippen LogP contribution in [0.5, 0.6) is 17.2 Å². The van der Waals surface area contributed by atoms with E-state index in [2.05, 4.69) is 0 Å². The number of ether oxygens (including phenoxy) is 3. The number of anilines is 1. The number of nitrogens with zero attached hydrogens (tertiary/aromatic N) is 3. The molecule has 0 spiro atoms. The molecule has 0 N–H and O–H groups in total. The number of benzene rings is 2. The van der Waals surface area contributed by atoms with E-state index in [-0.39, 0.29) is 12.0 Å². The summed E-state index contributed by atoms with van der Waals surface area (Å²) in [5.74, 6) is 1.89. The van der Waals surface area contributed by atoms with Crippen LogP contribution in [0, 0.1) is 0 Å². The van der Waals surface area contributed by atoms with Gasteiger partial charge in [-0.1, -0.05) is 11.3 Å². The molecular weight excluding hydrogens is 414 g/mol. The minimum atomic E-state index is -0.101. The molecule has 0 fully saturated rings. The third-order valence-electron chi connectivity index (χ3n) is 4.60. The Hall–Kier alpha value is -2.84. The molecule has 0 saturated carbocycles. The first-order valence-corrected chi connectivity index (χ1v) is 10.9. The maximum atomic E-state index is 13.4. The highest BCUT2D eigenvalue weighted by molar-refractivity contribution is 7.22. The summed E-state index contributed by atoms with van der Waals surface area (Å²) in [6.45, 7) is 5.17. The molecule has 1 amide bonds. The lowest BCUT2D eigenvalue weighted by Crippen LogP contribution is -2.36. The lowest BCUT2D eigenvalue weighted by atomic mass is 10.2. The monoisotopic (exact) mass is 443 g/mol. The fourth-order valence-corrected chi connectivity index (χ4v) is 4.05. The van der Waals surface area contributed by atoms with Crippen LogP contribution in [0.2, 0.25) is 0 Å². The molecule has 0 aliphatic heterocycles. The molecule has 0 radical (unpaired) electrons. The summed E-state index contributed by atoms with van der Waals surface area (Å²) >= 11 is 1.46. The lowest BCUT2D eigenvalue weighted by molar-refractivity contribution is 0.0985. The Morgan fingerprint density at radius 3 is 2.26 bits per heavy atom. The standard InChI is InChI=1S/C23H29N3O4S/c1-15(2)30-17-9-7-16(8-10-17)22(27)26(12-11-25(3)4)23-24-18-13-19(28-5)20(29-6)14-21(18)31-23/h7-10,13-15H,11-12H2,1-6H3. The molecule has 8 heteroatoms. The normalized spacial score (nSPS) is 11.2. The van der Waals surface area contributed by atoms with Crippen molar-refractivity contribution in [3.63, 3.8) is 0 Å². The van der Waals surface area contributed by atoms with Crippen molar-refractivity contribution in [3.05, 3.63) is 42.0 Å². The molecule has 0 aliphatic carbocycles. The fourth-order valence-electron chi connectivity index (χ4n) is 3.05. The Morgan fingerprint density at radius 2 is 1.68 bits per heavy atom. The van der Waals surface area contributed by atoms with Crippen molar-refractivity contribution in [2.24, 2.45) is 0 Å². The lowest BCUT2D eigenvalue weighted by Gasteiger charge is -2.22. The minimum absolute atomic E-state index is 0.0786. The van der Waals surface area contributed by atoms with Gasteiger partial charge >= 0.3 is 0 Å². The Labute approximate surface area is 187 Å². The molecule has 7 nitrogen and oxygen atoms in total. The summed E-state index contributed by atoms with van der Waals surface area (Å²) in [6, 6.07) is 11.0. The zero-order valence-electron chi connectivity index (χ0n) is 18.8. The van der Waals surface area contributed by atoms with Gasteiger partial charge in [0.2, 0.25) is 0 Å². The third kappa shape index (κ3) is 5.45. The average molecular weight is 444 g/mol. The molecular formula is C23H29N3O4S. The summed E-state index contributed by atoms with van der Waals surface area (Å²) in [4.78, 5) is 21.9. The molecule has 1 aromatic heterocycles. The van der Waals surface area contributed by atoms with E-state index in [1.54, 1.807) is 31.3 Å². The Balaban J connectivity index is 1.95. The van der Waals surface area contributed by atoms with Crippen LogP contribution in [0.15, 0.2) is 36.4 Å². The van der Waals surface area contributed by atoms with Gasteiger partial charge in [0.25, 0.3) is 5.91 Å². The number of thiazole rings is 1. The first-order chi connectivity index (χ1) is 14.8. The highest BCUT2D eigenvalue weighted by Gasteiger charge is 2.22. The molecule has 0 bridgehead atoms. The first-order valence-electron chi connectivity index (χ1n) is 10.1. The summed E-state index contributed by atoms with van der Waals surface area (Å²) in [6.07, 6.45) is 0.0786. The molecule has 3 rings (SSSR count). The Morgan fingerprint density at radius 1 is 1.03 bits per heavy atom. The second-order valence-corrected chi connectivity index (χ2v) is 8.63. The van der Waals surface area contributed by atoms with E-state index in [1.807, 2.05) is 57.1 Å². The van der Waals surface area contributed by atoms with Gasteiger partial charge in [0.15, 0.2) is 16.6 Å². The van der Waals surface area contributed by atoms with Crippen molar-refractivity contribution in [1.82, 2.24) is 9.88 Å². The molecule has 0 saturated heterocycles. The number of aromatic nitrogens is 1. The van der Waals surface area contributed by atoms with Crippen LogP contribution < -0.4 is 19.1 Å². The molecule has 3 aromatic rings. The van der Waals surface area contributed by atoms with E-state index >= 15 is 0 Å². The van der Waals surface area contributed by atoms with Crippen molar-refractivity contribution in [3.8, 4) is 17.2 Å². The van der Waals surface area contributed by atoms with E-state index in [0.29, 0.717) is 35.3 Å². The van der Waals surface area contributed by atoms with Gasteiger partial charge in [-0.05, 0) is 52.2 Å². The smallest absolute Gasteiger partial charge is 0.260 e. The van der Waals surface area contributed by atoms with Crippen LogP contribution in [0.25, 0.3) is 10.2 Å². The van der Waals surface area contributed by atoms with Gasteiger partial charge in [0.1, 0.15) is 5.75 Å². The molecule has 166 valence electrons. The van der Waals surface area contributed by atoms with Crippen molar-refractivity contribution in [2.45, 2.75) is 20.0 Å². The maximum absolute atomic E-state index is 13.4. The number of carbonyl (C=O) groups is 1. The zero-order valence-corrected chi connectivity index (χ0v) is 19.7. The molecule has 0 unspecified atom stereocenters. The van der Waals surface area contributed by atoms with Gasteiger partial charge in [-0.3, -0.25) is 9.69 Å². The van der Waals surface area contributed by atoms with E-state index < -0.39 is 0 Å². The van der Waals surface area contributed by atoms with Crippen LogP contribution in [-0.4, -0.2) is 63.3 Å². The summed E-state index contributed by atoms with van der Waals surface area (Å²) < 4.78 is 17.4. The average Bonchev–Trinajstić information content (AvgIpc) is 3.15. The molecule has 0 aliphatic rings. The van der Waals surface area contributed by atoms with Crippen molar-refractivity contribution in [2.75, 3.05) is 46.3 Å². The van der Waals surface area contributed by atoms with Crippen molar-refractivity contribution < 1.29 is 19.0 Å². The van der Waals surface area contributed by atoms with E-state index in [4.69, 9.17) is 19.2 Å². The quantitative estimate of drug-likeness (QED) is 0.491. The van der Waals surface area contributed by atoms with Crippen LogP contribution in [0.1, 0.15) is 24.2 Å². The van der Waals surface area contributed by atoms with Gasteiger partial charge in [-0.2, -0.15) is 0 Å². The summed E-state index contributed by atoms with van der Waals surface area (Å²) in [5.41, 5.74) is 1.35.